The predicted octanol–water partition coefficient (Wildman–Crippen LogP) is 6.35. The fourth-order valence-corrected chi connectivity index (χ4v) is 1.68. The molecule has 1 heteroatoms. The first-order valence-corrected chi connectivity index (χ1v) is 8.91. The molecule has 1 nitrogen and oxygen atoms in total. The van der Waals surface area contributed by atoms with Crippen LogP contribution in [-0.2, 0) is 7.05 Å². The van der Waals surface area contributed by atoms with Gasteiger partial charge in [0.05, 0.1) is 0 Å². The molecule has 0 aliphatic rings. The summed E-state index contributed by atoms with van der Waals surface area (Å²) in [5, 5.41) is 2.10. The minimum absolute atomic E-state index is 1.00. The number of allylic oxidation sites excluding steroid dienone is 3. The lowest BCUT2D eigenvalue weighted by Crippen LogP contribution is -2.27. The molecule has 0 radical (unpaired) electrons. The highest BCUT2D eigenvalue weighted by atomic mass is 14.9. The third-order valence-electron chi connectivity index (χ3n) is 2.48. The van der Waals surface area contributed by atoms with Crippen LogP contribution in [0.1, 0.15) is 66.6 Å². The molecule has 0 fully saturated rings. The van der Waals surface area contributed by atoms with Crippen molar-refractivity contribution in [2.24, 2.45) is 7.05 Å². The van der Waals surface area contributed by atoms with E-state index in [0.29, 0.717) is 0 Å². The molecule has 138 valence electrons. The standard InChI is InChI=1S/C14H17N.C3H6.3C2H6/c1-6-9-10-14-11(4)12(7-2)13(8-3)15(14)5;1-3-2;3*1-2/h6-10H,2-4H2,1,5H3;3H,1H2,2H3;3*1-2H3/b9-6-,14-10+;;;;. The first kappa shape index (κ1) is 29.9. The molecule has 0 unspecified atom stereocenters. The second-order valence-corrected chi connectivity index (χ2v) is 3.73. The molecule has 0 N–H and O–H groups in total. The molecule has 0 atom stereocenters. The van der Waals surface area contributed by atoms with Crippen LogP contribution in [0.3, 0.4) is 0 Å². The van der Waals surface area contributed by atoms with Gasteiger partial charge in [0.1, 0.15) is 0 Å². The molecule has 0 aromatic carbocycles. The second kappa shape index (κ2) is 23.2. The molecule has 0 aliphatic carbocycles. The number of aromatic nitrogens is 1. The van der Waals surface area contributed by atoms with Crippen molar-refractivity contribution in [1.82, 2.24) is 4.57 Å². The van der Waals surface area contributed by atoms with Crippen LogP contribution >= 0.6 is 0 Å². The Hall–Kier alpha value is -2.02. The summed E-state index contributed by atoms with van der Waals surface area (Å²) in [6, 6.07) is 0. The topological polar surface area (TPSA) is 4.93 Å². The molecular weight excluding hydrogens is 290 g/mol. The van der Waals surface area contributed by atoms with Gasteiger partial charge in [0.2, 0.25) is 0 Å². The predicted molar refractivity (Wildman–Crippen MR) is 120 cm³/mol. The Morgan fingerprint density at radius 2 is 1.25 bits per heavy atom. The Kier molecular flexibility index (Phi) is 29.0. The number of rotatable bonds is 3. The lowest BCUT2D eigenvalue weighted by Gasteiger charge is -1.97. The molecule has 0 spiro atoms. The minimum atomic E-state index is 1.00. The smallest absolute Gasteiger partial charge is 0.0482 e. The third-order valence-corrected chi connectivity index (χ3v) is 2.48. The van der Waals surface area contributed by atoms with Gasteiger partial charge in [-0.25, -0.2) is 0 Å². The molecule has 0 saturated carbocycles. The van der Waals surface area contributed by atoms with Gasteiger partial charge >= 0.3 is 0 Å². The van der Waals surface area contributed by atoms with Crippen LogP contribution in [0.25, 0.3) is 24.8 Å². The van der Waals surface area contributed by atoms with Gasteiger partial charge in [0, 0.05) is 28.9 Å². The Bertz CT molecular complexity index is 554. The van der Waals surface area contributed by atoms with Gasteiger partial charge in [-0.3, -0.25) is 0 Å². The fraction of sp³-hybridized carbons (Fsp3) is 0.391. The summed E-state index contributed by atoms with van der Waals surface area (Å²) in [6.45, 7) is 30.9. The van der Waals surface area contributed by atoms with Gasteiger partial charge in [-0.15, -0.1) is 6.58 Å². The fourth-order valence-electron chi connectivity index (χ4n) is 1.68. The summed E-state index contributed by atoms with van der Waals surface area (Å²) >= 11 is 0. The maximum absolute atomic E-state index is 4.07. The molecular formula is C23H41N. The number of nitrogens with zero attached hydrogens (tertiary/aromatic N) is 1. The third kappa shape index (κ3) is 10.7. The molecule has 1 heterocycles. The van der Waals surface area contributed by atoms with Crippen molar-refractivity contribution in [2.75, 3.05) is 0 Å². The van der Waals surface area contributed by atoms with Crippen LogP contribution in [0, 0.1) is 0 Å². The van der Waals surface area contributed by atoms with Crippen molar-refractivity contribution in [3.63, 3.8) is 0 Å². The highest BCUT2D eigenvalue weighted by Gasteiger charge is 2.04. The van der Waals surface area contributed by atoms with Gasteiger partial charge in [0.25, 0.3) is 0 Å². The molecule has 0 amide bonds. The molecule has 1 aromatic rings. The van der Waals surface area contributed by atoms with Crippen molar-refractivity contribution < 1.29 is 0 Å². The first-order chi connectivity index (χ1) is 11.6. The van der Waals surface area contributed by atoms with E-state index in [2.05, 4.69) is 30.9 Å². The van der Waals surface area contributed by atoms with Crippen molar-refractivity contribution in [3.8, 4) is 0 Å². The van der Waals surface area contributed by atoms with Crippen molar-refractivity contribution in [2.45, 2.75) is 55.4 Å². The maximum atomic E-state index is 4.07. The Labute approximate surface area is 152 Å². The van der Waals surface area contributed by atoms with Gasteiger partial charge in [-0.1, -0.05) is 85.6 Å². The van der Waals surface area contributed by atoms with E-state index in [9.17, 15) is 0 Å². The summed E-state index contributed by atoms with van der Waals surface area (Å²) in [5.74, 6) is 0. The Balaban J connectivity index is -0.000000190. The molecule has 0 bridgehead atoms. The Morgan fingerprint density at radius 1 is 0.833 bits per heavy atom. The lowest BCUT2D eigenvalue weighted by molar-refractivity contribution is 0.877. The summed E-state index contributed by atoms with van der Waals surface area (Å²) in [7, 11) is 2.01. The number of hydrogen-bond acceptors (Lipinski definition) is 0. The lowest BCUT2D eigenvalue weighted by atomic mass is 10.2. The van der Waals surface area contributed by atoms with Crippen molar-refractivity contribution in [3.05, 3.63) is 59.8 Å². The van der Waals surface area contributed by atoms with Crippen LogP contribution in [0.2, 0.25) is 0 Å². The highest BCUT2D eigenvalue weighted by molar-refractivity contribution is 5.63. The van der Waals surface area contributed by atoms with E-state index in [4.69, 9.17) is 0 Å². The van der Waals surface area contributed by atoms with Crippen LogP contribution in [0.15, 0.2) is 38.0 Å². The summed E-state index contributed by atoms with van der Waals surface area (Å²) in [4.78, 5) is 0. The van der Waals surface area contributed by atoms with E-state index < -0.39 is 0 Å². The molecule has 1 rings (SSSR count). The first-order valence-electron chi connectivity index (χ1n) is 8.91. The van der Waals surface area contributed by atoms with Crippen LogP contribution in [0.5, 0.6) is 0 Å². The van der Waals surface area contributed by atoms with E-state index >= 15 is 0 Å². The van der Waals surface area contributed by atoms with Crippen LogP contribution < -0.4 is 10.6 Å². The van der Waals surface area contributed by atoms with Gasteiger partial charge in [-0.2, -0.15) is 0 Å². The summed E-state index contributed by atoms with van der Waals surface area (Å²) < 4.78 is 2.08. The molecule has 0 aliphatic heterocycles. The van der Waals surface area contributed by atoms with Crippen LogP contribution in [0.4, 0.5) is 0 Å². The highest BCUT2D eigenvalue weighted by Crippen LogP contribution is 2.04. The van der Waals surface area contributed by atoms with E-state index in [0.717, 1.165) is 21.8 Å². The maximum Gasteiger partial charge on any atom is 0.0482 e. The zero-order valence-corrected chi connectivity index (χ0v) is 17.7. The normalized spacial score (nSPS) is 8.96. The van der Waals surface area contributed by atoms with Gasteiger partial charge in [-0.05, 0) is 26.0 Å². The van der Waals surface area contributed by atoms with Gasteiger partial charge in [0.15, 0.2) is 0 Å². The van der Waals surface area contributed by atoms with E-state index in [1.165, 1.54) is 0 Å². The van der Waals surface area contributed by atoms with Crippen molar-refractivity contribution >= 4 is 24.8 Å². The van der Waals surface area contributed by atoms with E-state index in [1.54, 1.807) is 6.08 Å². The second-order valence-electron chi connectivity index (χ2n) is 3.73. The quantitative estimate of drug-likeness (QED) is 0.569. The largest absolute Gasteiger partial charge is 0.344 e. The monoisotopic (exact) mass is 331 g/mol. The van der Waals surface area contributed by atoms with E-state index in [-0.39, 0.29) is 0 Å². The van der Waals surface area contributed by atoms with Crippen molar-refractivity contribution in [1.29, 1.82) is 0 Å². The summed E-state index contributed by atoms with van der Waals surface area (Å²) in [5.41, 5.74) is 2.12. The molecule has 24 heavy (non-hydrogen) atoms. The average Bonchev–Trinajstić information content (AvgIpc) is 2.88. The molecule has 1 aromatic heterocycles. The molecule has 0 saturated heterocycles. The average molecular weight is 332 g/mol. The van der Waals surface area contributed by atoms with E-state index in [1.807, 2.05) is 92.8 Å². The van der Waals surface area contributed by atoms with Gasteiger partial charge < -0.3 is 4.57 Å². The zero-order valence-electron chi connectivity index (χ0n) is 17.7. The summed E-state index contributed by atoms with van der Waals surface area (Å²) in [6.07, 6.45) is 11.4. The Morgan fingerprint density at radius 3 is 1.50 bits per heavy atom. The number of hydrogen-bond donors (Lipinski definition) is 0. The SMILES string of the molecule is C=CC.C=Cc1c(C=C)n(C)/c(=C/C=C\C)c1=C.CC.CC.CC. The zero-order chi connectivity index (χ0) is 20.1. The minimum Gasteiger partial charge on any atom is -0.344 e. The van der Waals surface area contributed by atoms with Crippen LogP contribution in [-0.4, -0.2) is 4.57 Å².